The van der Waals surface area contributed by atoms with E-state index in [2.05, 4.69) is 10.0 Å². The van der Waals surface area contributed by atoms with E-state index < -0.39 is 10.0 Å². The molecule has 2 aliphatic heterocycles. The molecule has 1 fully saturated rings. The zero-order valence-corrected chi connectivity index (χ0v) is 21.6. The van der Waals surface area contributed by atoms with Crippen LogP contribution in [-0.4, -0.2) is 63.6 Å². The highest BCUT2D eigenvalue weighted by molar-refractivity contribution is 7.92. The number of hydrogen-bond acceptors (Lipinski definition) is 6. The van der Waals surface area contributed by atoms with Crippen molar-refractivity contribution < 1.29 is 27.5 Å². The molecule has 9 nitrogen and oxygen atoms in total. The average molecular weight is 516 g/mol. The molecule has 2 amide bonds. The molecule has 2 aromatic carbocycles. The Morgan fingerprint density at radius 1 is 1.17 bits per heavy atom. The minimum absolute atomic E-state index is 0.0393. The van der Waals surface area contributed by atoms with E-state index >= 15 is 0 Å². The summed E-state index contributed by atoms with van der Waals surface area (Å²) in [6.07, 6.45) is 1.88. The second kappa shape index (κ2) is 10.9. The van der Waals surface area contributed by atoms with Crippen LogP contribution >= 0.6 is 0 Å². The van der Waals surface area contributed by atoms with Gasteiger partial charge in [-0.05, 0) is 56.0 Å². The van der Waals surface area contributed by atoms with Crippen molar-refractivity contribution in [1.29, 1.82) is 0 Å². The van der Waals surface area contributed by atoms with Crippen molar-refractivity contribution >= 4 is 27.5 Å². The summed E-state index contributed by atoms with van der Waals surface area (Å²) in [4.78, 5) is 27.4. The first-order chi connectivity index (χ1) is 17.2. The van der Waals surface area contributed by atoms with Crippen LogP contribution < -0.4 is 14.8 Å². The van der Waals surface area contributed by atoms with Gasteiger partial charge in [-0.1, -0.05) is 25.1 Å². The molecule has 10 heteroatoms. The van der Waals surface area contributed by atoms with Crippen molar-refractivity contribution in [3.05, 3.63) is 53.6 Å². The maximum atomic E-state index is 13.4. The molecule has 2 heterocycles. The number of carbonyl (C=O) groups is 2. The largest absolute Gasteiger partial charge is 0.490 e. The molecule has 0 bridgehead atoms. The lowest BCUT2D eigenvalue weighted by Gasteiger charge is -2.42. The topological polar surface area (TPSA) is 114 Å². The first kappa shape index (κ1) is 26.0. The number of fused-ring (bicyclic) bond motifs is 2. The van der Waals surface area contributed by atoms with Crippen LogP contribution in [0.3, 0.4) is 0 Å². The quantitative estimate of drug-likeness (QED) is 0.586. The lowest BCUT2D eigenvalue weighted by atomic mass is 9.94. The Kier molecular flexibility index (Phi) is 7.85. The SMILES string of the molecule is CCCNC(=O)C[C@@H]1CC[C@H]2[C@H](COc3ccc(NS(=O)(=O)c4ccccc4C)cc3C(=O)N2C)O1. The maximum absolute atomic E-state index is 13.4. The van der Waals surface area contributed by atoms with E-state index in [0.717, 1.165) is 6.42 Å². The lowest BCUT2D eigenvalue weighted by Crippen LogP contribution is -2.54. The maximum Gasteiger partial charge on any atom is 0.262 e. The normalized spacial score (nSPS) is 21.9. The van der Waals surface area contributed by atoms with E-state index in [-0.39, 0.29) is 59.2 Å². The zero-order valence-electron chi connectivity index (χ0n) is 20.8. The van der Waals surface area contributed by atoms with Crippen LogP contribution in [0.25, 0.3) is 0 Å². The highest BCUT2D eigenvalue weighted by atomic mass is 32.2. The van der Waals surface area contributed by atoms with Crippen molar-refractivity contribution in [3.8, 4) is 5.75 Å². The van der Waals surface area contributed by atoms with Gasteiger partial charge in [-0.2, -0.15) is 0 Å². The van der Waals surface area contributed by atoms with Gasteiger partial charge in [0.15, 0.2) is 0 Å². The fourth-order valence-electron chi connectivity index (χ4n) is 4.70. The number of carbonyl (C=O) groups excluding carboxylic acids is 2. The summed E-state index contributed by atoms with van der Waals surface area (Å²) in [5, 5.41) is 2.87. The van der Waals surface area contributed by atoms with Crippen LogP contribution in [0.1, 0.15) is 48.5 Å². The molecule has 3 atom stereocenters. The van der Waals surface area contributed by atoms with Crippen LogP contribution in [0, 0.1) is 6.92 Å². The van der Waals surface area contributed by atoms with Gasteiger partial charge in [0.2, 0.25) is 5.91 Å². The van der Waals surface area contributed by atoms with Crippen molar-refractivity contribution in [2.24, 2.45) is 0 Å². The third kappa shape index (κ3) is 5.65. The molecule has 0 spiro atoms. The molecule has 0 aromatic heterocycles. The minimum atomic E-state index is -3.83. The second-order valence-electron chi connectivity index (χ2n) is 9.30. The number of nitrogens with zero attached hydrogens (tertiary/aromatic N) is 1. The predicted molar refractivity (Wildman–Crippen MR) is 136 cm³/mol. The van der Waals surface area contributed by atoms with E-state index in [1.54, 1.807) is 49.2 Å². The van der Waals surface area contributed by atoms with Crippen molar-refractivity contribution in [3.63, 3.8) is 0 Å². The standard InChI is InChI=1S/C26H33N3O6S/c1-4-13-27-25(30)15-19-10-11-21-23(35-19)16-34-22-12-9-18(14-20(22)26(31)29(21)3)28-36(32,33)24-8-6-5-7-17(24)2/h5-9,12,14,19,21,23,28H,4,10-11,13,15-16H2,1-3H3,(H,27,30)/t19-,21-,23-/m0/s1. The molecular weight excluding hydrogens is 482 g/mol. The molecule has 1 saturated heterocycles. The summed E-state index contributed by atoms with van der Waals surface area (Å²) >= 11 is 0. The molecule has 194 valence electrons. The Bertz CT molecular complexity index is 1230. The third-order valence-corrected chi connectivity index (χ3v) is 8.17. The minimum Gasteiger partial charge on any atom is -0.490 e. The molecule has 0 radical (unpaired) electrons. The number of likely N-dealkylation sites (N-methyl/N-ethyl adjacent to an activating group) is 1. The summed E-state index contributed by atoms with van der Waals surface area (Å²) in [6.45, 7) is 4.58. The first-order valence-corrected chi connectivity index (χ1v) is 13.7. The van der Waals surface area contributed by atoms with Gasteiger partial charge in [0.05, 0.1) is 29.0 Å². The average Bonchev–Trinajstić information content (AvgIpc) is 2.85. The molecule has 2 aliphatic rings. The van der Waals surface area contributed by atoms with Gasteiger partial charge < -0.3 is 19.7 Å². The van der Waals surface area contributed by atoms with Gasteiger partial charge >= 0.3 is 0 Å². The lowest BCUT2D eigenvalue weighted by molar-refractivity contribution is -0.134. The van der Waals surface area contributed by atoms with Crippen molar-refractivity contribution in [2.75, 3.05) is 24.9 Å². The van der Waals surface area contributed by atoms with Crippen molar-refractivity contribution in [2.45, 2.75) is 62.7 Å². The number of amides is 2. The summed E-state index contributed by atoms with van der Waals surface area (Å²) in [5.74, 6) is 0.0393. The fourth-order valence-corrected chi connectivity index (χ4v) is 6.00. The molecule has 2 N–H and O–H groups in total. The predicted octanol–water partition coefficient (Wildman–Crippen LogP) is 3.09. The monoisotopic (exact) mass is 515 g/mol. The Hall–Kier alpha value is -3.11. The molecule has 36 heavy (non-hydrogen) atoms. The van der Waals surface area contributed by atoms with Crippen molar-refractivity contribution in [1.82, 2.24) is 10.2 Å². The van der Waals surface area contributed by atoms with Gasteiger partial charge in [0.1, 0.15) is 18.5 Å². The van der Waals surface area contributed by atoms with E-state index in [4.69, 9.17) is 9.47 Å². The van der Waals surface area contributed by atoms with Gasteiger partial charge in [0, 0.05) is 19.3 Å². The first-order valence-electron chi connectivity index (χ1n) is 12.2. The zero-order chi connectivity index (χ0) is 25.9. The van der Waals surface area contributed by atoms with Crippen LogP contribution in [-0.2, 0) is 19.6 Å². The van der Waals surface area contributed by atoms with E-state index in [9.17, 15) is 18.0 Å². The smallest absolute Gasteiger partial charge is 0.262 e. The summed E-state index contributed by atoms with van der Waals surface area (Å²) in [7, 11) is -2.11. The number of nitrogens with one attached hydrogen (secondary N) is 2. The van der Waals surface area contributed by atoms with Crippen LogP contribution in [0.5, 0.6) is 5.75 Å². The molecule has 0 saturated carbocycles. The second-order valence-corrected chi connectivity index (χ2v) is 11.0. The third-order valence-electron chi connectivity index (χ3n) is 6.63. The number of hydrogen-bond donors (Lipinski definition) is 2. The Morgan fingerprint density at radius 2 is 1.94 bits per heavy atom. The number of anilines is 1. The Balaban J connectivity index is 1.51. The van der Waals surface area contributed by atoms with Gasteiger partial charge in [-0.3, -0.25) is 14.3 Å². The summed E-state index contributed by atoms with van der Waals surface area (Å²) in [5.41, 5.74) is 1.18. The molecule has 0 aliphatic carbocycles. The highest BCUT2D eigenvalue weighted by Crippen LogP contribution is 2.33. The van der Waals surface area contributed by atoms with Gasteiger partial charge in [0.25, 0.3) is 15.9 Å². The molecule has 4 rings (SSSR count). The van der Waals surface area contributed by atoms with Crippen LogP contribution in [0.2, 0.25) is 0 Å². The number of sulfonamides is 1. The molecule has 0 unspecified atom stereocenters. The number of rotatable bonds is 7. The van der Waals surface area contributed by atoms with Gasteiger partial charge in [-0.15, -0.1) is 0 Å². The summed E-state index contributed by atoms with van der Waals surface area (Å²) < 4.78 is 40.6. The summed E-state index contributed by atoms with van der Waals surface area (Å²) in [6, 6.07) is 11.2. The van der Waals surface area contributed by atoms with Crippen LogP contribution in [0.15, 0.2) is 47.4 Å². The number of benzene rings is 2. The number of aryl methyl sites for hydroxylation is 1. The fraction of sp³-hybridized carbons (Fsp3) is 0.462. The Morgan fingerprint density at radius 3 is 2.69 bits per heavy atom. The Labute approximate surface area is 212 Å². The van der Waals surface area contributed by atoms with E-state index in [1.165, 1.54) is 12.1 Å². The van der Waals surface area contributed by atoms with E-state index in [1.807, 2.05) is 6.92 Å². The van der Waals surface area contributed by atoms with Gasteiger partial charge in [-0.25, -0.2) is 8.42 Å². The highest BCUT2D eigenvalue weighted by Gasteiger charge is 2.39. The molecular formula is C26H33N3O6S. The number of ether oxygens (including phenoxy) is 2. The molecule has 2 aromatic rings. The van der Waals surface area contributed by atoms with E-state index in [0.29, 0.717) is 30.7 Å². The van der Waals surface area contributed by atoms with Crippen LogP contribution in [0.4, 0.5) is 5.69 Å².